The molecule has 0 bridgehead atoms. The Labute approximate surface area is 138 Å². The molecule has 1 aromatic heterocycles. The molecule has 2 heterocycles. The molecule has 2 rings (SSSR count). The maximum atomic E-state index is 12.5. The molecule has 1 aromatic rings. The van der Waals surface area contributed by atoms with Crippen molar-refractivity contribution < 1.29 is 13.2 Å². The molecule has 0 aliphatic carbocycles. The van der Waals surface area contributed by atoms with E-state index < -0.39 is 9.84 Å². The number of nitrogen functional groups attached to an aromatic ring is 1. The van der Waals surface area contributed by atoms with Gasteiger partial charge < -0.3 is 10.6 Å². The Morgan fingerprint density at radius 3 is 2.82 bits per heavy atom. The van der Waals surface area contributed by atoms with E-state index in [9.17, 15) is 13.2 Å². The maximum Gasteiger partial charge on any atom is 0.233 e. The first-order chi connectivity index (χ1) is 10.4. The van der Waals surface area contributed by atoms with Crippen LogP contribution in [0.2, 0.25) is 0 Å². The van der Waals surface area contributed by atoms with Crippen LogP contribution in [0.3, 0.4) is 0 Å². The van der Waals surface area contributed by atoms with Gasteiger partial charge in [-0.3, -0.25) is 4.79 Å². The van der Waals surface area contributed by atoms with E-state index in [4.69, 9.17) is 5.73 Å². The van der Waals surface area contributed by atoms with Gasteiger partial charge in [0.05, 0.1) is 17.3 Å². The Bertz CT molecular complexity index is 617. The quantitative estimate of drug-likeness (QED) is 0.720. The number of unbranched alkanes of at least 4 members (excludes halogenated alkanes) is 1. The third-order valence-electron chi connectivity index (χ3n) is 3.46. The third kappa shape index (κ3) is 4.82. The molecule has 7 nitrogen and oxygen atoms in total. The largest absolute Gasteiger partial charge is 0.374 e. The van der Waals surface area contributed by atoms with Gasteiger partial charge in [0.2, 0.25) is 11.0 Å². The zero-order chi connectivity index (χ0) is 16.2. The van der Waals surface area contributed by atoms with Crippen molar-refractivity contribution in [3.8, 4) is 0 Å². The second kappa shape index (κ2) is 7.60. The summed E-state index contributed by atoms with van der Waals surface area (Å²) in [5, 5.41) is 7.95. The number of amides is 1. The lowest BCUT2D eigenvalue weighted by atomic mass is 10.2. The normalized spacial score (nSPS) is 20.1. The minimum Gasteiger partial charge on any atom is -0.374 e. The smallest absolute Gasteiger partial charge is 0.233 e. The van der Waals surface area contributed by atoms with Crippen LogP contribution < -0.4 is 5.73 Å². The SMILES string of the molecule is CCCCN(C(=O)CSc1nnc(N)s1)C1CCS(=O)(=O)C1. The molecule has 0 aromatic carbocycles. The summed E-state index contributed by atoms with van der Waals surface area (Å²) in [5.74, 6) is 0.441. The van der Waals surface area contributed by atoms with E-state index >= 15 is 0 Å². The average Bonchev–Trinajstić information content (AvgIpc) is 3.03. The number of nitrogens with zero attached hydrogens (tertiary/aromatic N) is 3. The highest BCUT2D eigenvalue weighted by Crippen LogP contribution is 2.25. The van der Waals surface area contributed by atoms with Crippen molar-refractivity contribution in [2.24, 2.45) is 0 Å². The topological polar surface area (TPSA) is 106 Å². The summed E-state index contributed by atoms with van der Waals surface area (Å²) in [5.41, 5.74) is 5.51. The number of sulfone groups is 1. The fraction of sp³-hybridized carbons (Fsp3) is 0.750. The van der Waals surface area contributed by atoms with E-state index in [0.717, 1.165) is 12.8 Å². The second-order valence-corrected chi connectivity index (χ2v) is 9.65. The van der Waals surface area contributed by atoms with Gasteiger partial charge in [0.1, 0.15) is 0 Å². The van der Waals surface area contributed by atoms with Crippen LogP contribution in [0, 0.1) is 0 Å². The first kappa shape index (κ1) is 17.5. The summed E-state index contributed by atoms with van der Waals surface area (Å²) in [6.07, 6.45) is 2.37. The van der Waals surface area contributed by atoms with Crippen molar-refractivity contribution in [3.05, 3.63) is 0 Å². The van der Waals surface area contributed by atoms with Crippen molar-refractivity contribution >= 4 is 44.0 Å². The zero-order valence-electron chi connectivity index (χ0n) is 12.4. The summed E-state index contributed by atoms with van der Waals surface area (Å²) < 4.78 is 24.0. The van der Waals surface area contributed by atoms with Crippen LogP contribution in [-0.4, -0.2) is 59.3 Å². The minimum absolute atomic E-state index is 0.0469. The van der Waals surface area contributed by atoms with Crippen molar-refractivity contribution in [1.82, 2.24) is 15.1 Å². The molecule has 2 N–H and O–H groups in total. The van der Waals surface area contributed by atoms with Gasteiger partial charge in [0, 0.05) is 12.6 Å². The molecule has 1 saturated heterocycles. The van der Waals surface area contributed by atoms with E-state index in [2.05, 4.69) is 10.2 Å². The van der Waals surface area contributed by atoms with Gasteiger partial charge in [-0.1, -0.05) is 36.4 Å². The van der Waals surface area contributed by atoms with Crippen molar-refractivity contribution in [1.29, 1.82) is 0 Å². The molecule has 1 amide bonds. The van der Waals surface area contributed by atoms with Crippen LogP contribution in [0.15, 0.2) is 4.34 Å². The van der Waals surface area contributed by atoms with Gasteiger partial charge in [0.25, 0.3) is 0 Å². The molecule has 1 unspecified atom stereocenters. The lowest BCUT2D eigenvalue weighted by molar-refractivity contribution is -0.130. The van der Waals surface area contributed by atoms with E-state index in [1.165, 1.54) is 23.1 Å². The number of aromatic nitrogens is 2. The minimum atomic E-state index is -3.00. The molecule has 0 saturated carbocycles. The van der Waals surface area contributed by atoms with Gasteiger partial charge >= 0.3 is 0 Å². The van der Waals surface area contributed by atoms with Crippen LogP contribution in [0.4, 0.5) is 5.13 Å². The predicted octanol–water partition coefficient (Wildman–Crippen LogP) is 1.03. The van der Waals surface area contributed by atoms with Gasteiger partial charge in [-0.05, 0) is 12.8 Å². The highest BCUT2D eigenvalue weighted by atomic mass is 32.2. The standard InChI is InChI=1S/C12H20N4O3S3/c1-2-3-5-16(9-4-6-22(18,19)8-9)10(17)7-20-12-15-14-11(13)21-12/h9H,2-8H2,1H3,(H2,13,14). The summed E-state index contributed by atoms with van der Waals surface area (Å²) >= 11 is 2.54. The zero-order valence-corrected chi connectivity index (χ0v) is 14.8. The average molecular weight is 365 g/mol. The highest BCUT2D eigenvalue weighted by molar-refractivity contribution is 8.01. The molecular weight excluding hydrogens is 344 g/mol. The predicted molar refractivity (Wildman–Crippen MR) is 88.7 cm³/mol. The molecule has 1 atom stereocenters. The van der Waals surface area contributed by atoms with E-state index in [0.29, 0.717) is 22.4 Å². The number of nitrogens with two attached hydrogens (primary N) is 1. The van der Waals surface area contributed by atoms with Crippen LogP contribution in [0.1, 0.15) is 26.2 Å². The van der Waals surface area contributed by atoms with Gasteiger partial charge in [-0.2, -0.15) is 0 Å². The maximum absolute atomic E-state index is 12.5. The lowest BCUT2D eigenvalue weighted by Gasteiger charge is -2.28. The van der Waals surface area contributed by atoms with Crippen molar-refractivity contribution in [2.45, 2.75) is 36.6 Å². The highest BCUT2D eigenvalue weighted by Gasteiger charge is 2.34. The van der Waals surface area contributed by atoms with Crippen LogP contribution in [0.5, 0.6) is 0 Å². The number of carbonyl (C=O) groups excluding carboxylic acids is 1. The molecular formula is C12H20N4O3S3. The number of thioether (sulfide) groups is 1. The number of hydrogen-bond acceptors (Lipinski definition) is 8. The molecule has 1 aliphatic rings. The van der Waals surface area contributed by atoms with Crippen LogP contribution in [0.25, 0.3) is 0 Å². The first-order valence-corrected chi connectivity index (χ1v) is 10.8. The molecule has 0 spiro atoms. The summed E-state index contributed by atoms with van der Waals surface area (Å²) in [6, 6.07) is -0.191. The molecule has 124 valence electrons. The van der Waals surface area contributed by atoms with E-state index in [-0.39, 0.29) is 29.2 Å². The Morgan fingerprint density at radius 1 is 1.50 bits per heavy atom. The fourth-order valence-electron chi connectivity index (χ4n) is 2.35. The summed E-state index contributed by atoms with van der Waals surface area (Å²) in [6.45, 7) is 2.65. The fourth-order valence-corrected chi connectivity index (χ4v) is 5.60. The van der Waals surface area contributed by atoms with Crippen molar-refractivity contribution in [3.63, 3.8) is 0 Å². The number of anilines is 1. The Hall–Kier alpha value is -0.870. The molecule has 1 fully saturated rings. The monoisotopic (exact) mass is 364 g/mol. The van der Waals surface area contributed by atoms with Gasteiger partial charge in [-0.25, -0.2) is 8.42 Å². The molecule has 1 aliphatic heterocycles. The van der Waals surface area contributed by atoms with Crippen molar-refractivity contribution in [2.75, 3.05) is 29.5 Å². The Kier molecular flexibility index (Phi) is 6.04. The Balaban J connectivity index is 1.96. The van der Waals surface area contributed by atoms with Gasteiger partial charge in [-0.15, -0.1) is 10.2 Å². The van der Waals surface area contributed by atoms with Crippen LogP contribution >= 0.6 is 23.1 Å². The molecule has 10 heteroatoms. The van der Waals surface area contributed by atoms with Gasteiger partial charge in [0.15, 0.2) is 14.2 Å². The molecule has 0 radical (unpaired) electrons. The number of carbonyl (C=O) groups is 1. The molecule has 22 heavy (non-hydrogen) atoms. The van der Waals surface area contributed by atoms with Crippen LogP contribution in [-0.2, 0) is 14.6 Å². The first-order valence-electron chi connectivity index (χ1n) is 7.13. The number of rotatable bonds is 7. The summed E-state index contributed by atoms with van der Waals surface area (Å²) in [7, 11) is -3.00. The Morgan fingerprint density at radius 2 is 2.27 bits per heavy atom. The second-order valence-electron chi connectivity index (χ2n) is 5.19. The van der Waals surface area contributed by atoms with E-state index in [1.807, 2.05) is 6.92 Å². The van der Waals surface area contributed by atoms with E-state index in [1.54, 1.807) is 4.90 Å². The summed E-state index contributed by atoms with van der Waals surface area (Å²) in [4.78, 5) is 14.2. The third-order valence-corrected chi connectivity index (χ3v) is 7.08. The number of hydrogen-bond donors (Lipinski definition) is 1. The lowest BCUT2D eigenvalue weighted by Crippen LogP contribution is -2.42.